The Morgan fingerprint density at radius 2 is 1.95 bits per heavy atom. The van der Waals surface area contributed by atoms with Crippen molar-refractivity contribution in [2.45, 2.75) is 13.5 Å². The molecule has 2 aromatic rings. The van der Waals surface area contributed by atoms with Gasteiger partial charge in [0, 0.05) is 25.2 Å². The van der Waals surface area contributed by atoms with Crippen LogP contribution in [0.2, 0.25) is 0 Å². The predicted molar refractivity (Wildman–Crippen MR) is 83.1 cm³/mol. The topological polar surface area (TPSA) is 20.3 Å². The van der Waals surface area contributed by atoms with Crippen LogP contribution in [-0.4, -0.2) is 17.9 Å². The first-order chi connectivity index (χ1) is 10.1. The van der Waals surface area contributed by atoms with Gasteiger partial charge in [-0.3, -0.25) is 4.79 Å². The van der Waals surface area contributed by atoms with Crippen LogP contribution in [0.25, 0.3) is 6.08 Å². The molecule has 2 nitrogen and oxygen atoms in total. The zero-order valence-corrected chi connectivity index (χ0v) is 12.2. The molecular weight excluding hydrogens is 265 g/mol. The molecule has 0 fully saturated rings. The molecule has 0 bridgehead atoms. The van der Waals surface area contributed by atoms with Crippen molar-refractivity contribution in [2.24, 2.45) is 0 Å². The Hall–Kier alpha value is -2.42. The molecule has 0 radical (unpaired) electrons. The predicted octanol–water partition coefficient (Wildman–Crippen LogP) is 3.81. The summed E-state index contributed by atoms with van der Waals surface area (Å²) in [5.41, 5.74) is 2.63. The zero-order chi connectivity index (χ0) is 15.2. The summed E-state index contributed by atoms with van der Waals surface area (Å²) in [6.45, 7) is 2.26. The molecule has 0 aromatic heterocycles. The zero-order valence-electron chi connectivity index (χ0n) is 12.2. The molecule has 0 heterocycles. The third kappa shape index (κ3) is 4.28. The quantitative estimate of drug-likeness (QED) is 0.781. The van der Waals surface area contributed by atoms with E-state index in [4.69, 9.17) is 0 Å². The normalized spacial score (nSPS) is 10.8. The number of carbonyl (C=O) groups is 1. The van der Waals surface area contributed by atoms with Gasteiger partial charge in [-0.05, 0) is 24.6 Å². The van der Waals surface area contributed by atoms with Gasteiger partial charge in [0.05, 0.1) is 0 Å². The Balaban J connectivity index is 2.01. The van der Waals surface area contributed by atoms with Crippen molar-refractivity contribution in [2.75, 3.05) is 7.05 Å². The number of aryl methyl sites for hydroxylation is 1. The van der Waals surface area contributed by atoms with Crippen LogP contribution in [0.3, 0.4) is 0 Å². The van der Waals surface area contributed by atoms with Crippen LogP contribution in [0.5, 0.6) is 0 Å². The Bertz CT molecular complexity index is 664. The van der Waals surface area contributed by atoms with Gasteiger partial charge >= 0.3 is 0 Å². The fourth-order valence-corrected chi connectivity index (χ4v) is 2.03. The number of carbonyl (C=O) groups excluding carboxylic acids is 1. The average molecular weight is 283 g/mol. The fourth-order valence-electron chi connectivity index (χ4n) is 2.03. The summed E-state index contributed by atoms with van der Waals surface area (Å²) < 4.78 is 13.6. The average Bonchev–Trinajstić information content (AvgIpc) is 2.47. The molecule has 0 spiro atoms. The third-order valence-corrected chi connectivity index (χ3v) is 3.20. The molecule has 108 valence electrons. The Morgan fingerprint density at radius 3 is 2.67 bits per heavy atom. The summed E-state index contributed by atoms with van der Waals surface area (Å²) in [5.74, 6) is -0.445. The summed E-state index contributed by atoms with van der Waals surface area (Å²) in [6.07, 6.45) is 3.28. The van der Waals surface area contributed by atoms with E-state index in [1.165, 1.54) is 17.0 Å². The minimum Gasteiger partial charge on any atom is -0.338 e. The smallest absolute Gasteiger partial charge is 0.246 e. The van der Waals surface area contributed by atoms with Crippen molar-refractivity contribution in [1.82, 2.24) is 4.90 Å². The molecule has 2 aromatic carbocycles. The SMILES string of the molecule is Cc1cccc(/C=C/C(=O)N(C)Cc2ccccc2F)c1. The Labute approximate surface area is 124 Å². The monoisotopic (exact) mass is 283 g/mol. The molecule has 0 atom stereocenters. The molecule has 0 aliphatic heterocycles. The van der Waals surface area contributed by atoms with E-state index in [1.807, 2.05) is 31.2 Å². The maximum Gasteiger partial charge on any atom is 0.246 e. The lowest BCUT2D eigenvalue weighted by Crippen LogP contribution is -2.24. The number of benzene rings is 2. The van der Waals surface area contributed by atoms with Gasteiger partial charge in [0.2, 0.25) is 5.91 Å². The van der Waals surface area contributed by atoms with Crippen molar-refractivity contribution < 1.29 is 9.18 Å². The van der Waals surface area contributed by atoms with Crippen LogP contribution in [0.15, 0.2) is 54.6 Å². The molecule has 1 amide bonds. The highest BCUT2D eigenvalue weighted by molar-refractivity contribution is 5.91. The van der Waals surface area contributed by atoms with Crippen molar-refractivity contribution in [3.05, 3.63) is 77.1 Å². The van der Waals surface area contributed by atoms with E-state index in [-0.39, 0.29) is 18.3 Å². The highest BCUT2D eigenvalue weighted by Gasteiger charge is 2.08. The van der Waals surface area contributed by atoms with Gasteiger partial charge in [-0.15, -0.1) is 0 Å². The van der Waals surface area contributed by atoms with Gasteiger partial charge in [-0.25, -0.2) is 4.39 Å². The molecule has 0 saturated heterocycles. The largest absolute Gasteiger partial charge is 0.338 e. The number of likely N-dealkylation sites (N-methyl/N-ethyl adjacent to an activating group) is 1. The second kappa shape index (κ2) is 6.84. The second-order valence-electron chi connectivity index (χ2n) is 5.03. The highest BCUT2D eigenvalue weighted by atomic mass is 19.1. The Kier molecular flexibility index (Phi) is 4.88. The van der Waals surface area contributed by atoms with Crippen molar-refractivity contribution in [3.8, 4) is 0 Å². The number of nitrogens with zero attached hydrogens (tertiary/aromatic N) is 1. The van der Waals surface area contributed by atoms with E-state index in [1.54, 1.807) is 31.3 Å². The summed E-state index contributed by atoms with van der Waals surface area (Å²) in [4.78, 5) is 13.5. The number of hydrogen-bond acceptors (Lipinski definition) is 1. The van der Waals surface area contributed by atoms with Gasteiger partial charge in [0.1, 0.15) is 5.82 Å². The van der Waals surface area contributed by atoms with E-state index in [9.17, 15) is 9.18 Å². The number of rotatable bonds is 4. The van der Waals surface area contributed by atoms with E-state index < -0.39 is 0 Å². The first kappa shape index (κ1) is 15.0. The Morgan fingerprint density at radius 1 is 1.19 bits per heavy atom. The molecular formula is C18H18FNO. The molecule has 21 heavy (non-hydrogen) atoms. The molecule has 0 N–H and O–H groups in total. The lowest BCUT2D eigenvalue weighted by molar-refractivity contribution is -0.125. The second-order valence-corrected chi connectivity index (χ2v) is 5.03. The molecule has 0 aliphatic rings. The van der Waals surface area contributed by atoms with Gasteiger partial charge in [0.15, 0.2) is 0 Å². The number of amides is 1. The van der Waals surface area contributed by atoms with Crippen molar-refractivity contribution in [3.63, 3.8) is 0 Å². The van der Waals surface area contributed by atoms with Gasteiger partial charge < -0.3 is 4.90 Å². The summed E-state index contributed by atoms with van der Waals surface area (Å²) in [5, 5.41) is 0. The van der Waals surface area contributed by atoms with E-state index in [2.05, 4.69) is 0 Å². The summed E-state index contributed by atoms with van der Waals surface area (Å²) in [6, 6.07) is 14.4. The van der Waals surface area contributed by atoms with E-state index >= 15 is 0 Å². The maximum absolute atomic E-state index is 13.6. The fraction of sp³-hybridized carbons (Fsp3) is 0.167. The first-order valence-corrected chi connectivity index (χ1v) is 6.79. The van der Waals surface area contributed by atoms with Crippen LogP contribution in [0.1, 0.15) is 16.7 Å². The van der Waals surface area contributed by atoms with Crippen LogP contribution >= 0.6 is 0 Å². The van der Waals surface area contributed by atoms with Crippen molar-refractivity contribution in [1.29, 1.82) is 0 Å². The number of hydrogen-bond donors (Lipinski definition) is 0. The van der Waals surface area contributed by atoms with E-state index in [0.717, 1.165) is 11.1 Å². The van der Waals surface area contributed by atoms with Crippen LogP contribution in [0, 0.1) is 12.7 Å². The molecule has 3 heteroatoms. The maximum atomic E-state index is 13.6. The van der Waals surface area contributed by atoms with Gasteiger partial charge in [-0.2, -0.15) is 0 Å². The molecule has 0 saturated carbocycles. The minimum atomic E-state index is -0.292. The highest BCUT2D eigenvalue weighted by Crippen LogP contribution is 2.10. The molecule has 2 rings (SSSR count). The molecule has 0 unspecified atom stereocenters. The lowest BCUT2D eigenvalue weighted by Gasteiger charge is -2.15. The van der Waals surface area contributed by atoms with E-state index in [0.29, 0.717) is 5.56 Å². The lowest BCUT2D eigenvalue weighted by atomic mass is 10.1. The molecule has 0 aliphatic carbocycles. The van der Waals surface area contributed by atoms with Gasteiger partial charge in [-0.1, -0.05) is 48.0 Å². The van der Waals surface area contributed by atoms with Crippen molar-refractivity contribution >= 4 is 12.0 Å². The van der Waals surface area contributed by atoms with Crippen LogP contribution in [0.4, 0.5) is 4.39 Å². The minimum absolute atomic E-state index is 0.153. The first-order valence-electron chi connectivity index (χ1n) is 6.79. The van der Waals surface area contributed by atoms with Gasteiger partial charge in [0.25, 0.3) is 0 Å². The summed E-state index contributed by atoms with van der Waals surface area (Å²) in [7, 11) is 1.66. The summed E-state index contributed by atoms with van der Waals surface area (Å²) >= 11 is 0. The third-order valence-electron chi connectivity index (χ3n) is 3.20. The van der Waals surface area contributed by atoms with Crippen LogP contribution < -0.4 is 0 Å². The standard InChI is InChI=1S/C18H18FNO/c1-14-6-5-7-15(12-14)10-11-18(21)20(2)13-16-8-3-4-9-17(16)19/h3-12H,13H2,1-2H3/b11-10+. The number of halogens is 1. The van der Waals surface area contributed by atoms with Crippen LogP contribution in [-0.2, 0) is 11.3 Å².